The second kappa shape index (κ2) is 8.95. The number of hydrogen-bond acceptors (Lipinski definition) is 4. The molecular weight excluding hydrogens is 336 g/mol. The molecule has 0 saturated heterocycles. The zero-order valence-electron chi connectivity index (χ0n) is 13.5. The topological polar surface area (TPSA) is 93.5 Å². The number of anilines is 1. The summed E-state index contributed by atoms with van der Waals surface area (Å²) in [6.45, 7) is -2.72. The Labute approximate surface area is 143 Å². The van der Waals surface area contributed by atoms with Crippen molar-refractivity contribution < 1.29 is 23.2 Å². The highest BCUT2D eigenvalue weighted by Gasteiger charge is 2.16. The maximum atomic E-state index is 12.4. The number of nitro groups is 1. The quantitative estimate of drug-likeness (QED) is 0.435. The van der Waals surface area contributed by atoms with Crippen LogP contribution in [0.4, 0.5) is 25.0 Å². The van der Waals surface area contributed by atoms with Crippen LogP contribution in [-0.2, 0) is 0 Å². The number of allylic oxidation sites excluding steroid dienone is 1. The number of halogens is 2. The van der Waals surface area contributed by atoms with E-state index in [0.717, 1.165) is 37.5 Å². The number of nitro benzene ring substituents is 1. The third kappa shape index (κ3) is 6.02. The number of nitrogens with one attached hydrogen (secondary N) is 2. The molecule has 7 nitrogen and oxygen atoms in total. The van der Waals surface area contributed by atoms with E-state index in [0.29, 0.717) is 13.0 Å². The summed E-state index contributed by atoms with van der Waals surface area (Å²) in [5.74, 6) is -0.342. The highest BCUT2D eigenvalue weighted by molar-refractivity contribution is 5.91. The van der Waals surface area contributed by atoms with E-state index in [9.17, 15) is 23.7 Å². The van der Waals surface area contributed by atoms with E-state index in [4.69, 9.17) is 0 Å². The fourth-order valence-corrected chi connectivity index (χ4v) is 2.56. The third-order valence-electron chi connectivity index (χ3n) is 3.75. The van der Waals surface area contributed by atoms with Crippen LogP contribution in [-0.4, -0.2) is 24.1 Å². The molecule has 0 fully saturated rings. The van der Waals surface area contributed by atoms with Crippen molar-refractivity contribution >= 4 is 17.4 Å². The van der Waals surface area contributed by atoms with Crippen molar-refractivity contribution in [2.75, 3.05) is 11.9 Å². The number of carbonyl (C=O) groups is 1. The van der Waals surface area contributed by atoms with Gasteiger partial charge in [0.05, 0.1) is 10.6 Å². The first kappa shape index (κ1) is 18.6. The lowest BCUT2D eigenvalue weighted by Crippen LogP contribution is -2.30. The van der Waals surface area contributed by atoms with Crippen molar-refractivity contribution in [1.29, 1.82) is 0 Å². The van der Waals surface area contributed by atoms with Gasteiger partial charge in [-0.25, -0.2) is 4.79 Å². The minimum atomic E-state index is -3.11. The Morgan fingerprint density at radius 3 is 2.80 bits per heavy atom. The molecule has 1 aromatic rings. The first-order valence-electron chi connectivity index (χ1n) is 7.91. The van der Waals surface area contributed by atoms with E-state index in [-0.39, 0.29) is 17.1 Å². The molecule has 0 bridgehead atoms. The molecule has 0 saturated carbocycles. The van der Waals surface area contributed by atoms with E-state index in [1.807, 2.05) is 0 Å². The summed E-state index contributed by atoms with van der Waals surface area (Å²) >= 11 is 0. The molecule has 0 heterocycles. The van der Waals surface area contributed by atoms with Crippen LogP contribution >= 0.6 is 0 Å². The van der Waals surface area contributed by atoms with Gasteiger partial charge in [-0.05, 0) is 38.2 Å². The first-order valence-corrected chi connectivity index (χ1v) is 7.91. The monoisotopic (exact) mass is 355 g/mol. The lowest BCUT2D eigenvalue weighted by molar-refractivity contribution is -0.384. The van der Waals surface area contributed by atoms with Gasteiger partial charge in [0.15, 0.2) is 0 Å². The van der Waals surface area contributed by atoms with E-state index in [2.05, 4.69) is 21.4 Å². The van der Waals surface area contributed by atoms with Crippen molar-refractivity contribution in [2.45, 2.75) is 38.7 Å². The molecule has 136 valence electrons. The second-order valence-electron chi connectivity index (χ2n) is 5.56. The van der Waals surface area contributed by atoms with Gasteiger partial charge in [0, 0.05) is 18.7 Å². The lowest BCUT2D eigenvalue weighted by atomic mass is 9.97. The van der Waals surface area contributed by atoms with E-state index in [1.54, 1.807) is 0 Å². The molecule has 9 heteroatoms. The Kier molecular flexibility index (Phi) is 6.67. The zero-order valence-corrected chi connectivity index (χ0v) is 13.5. The minimum Gasteiger partial charge on any atom is -0.433 e. The standard InChI is InChI=1S/C16H19F2N3O4/c17-15(18)25-14-7-6-12(21(23)24)10-13(14)20-16(22)19-9-8-11-4-2-1-3-5-11/h4,6-7,10,15H,1-3,5,8-9H2,(H2,19,20,22). The molecule has 2 N–H and O–H groups in total. The van der Waals surface area contributed by atoms with Gasteiger partial charge < -0.3 is 15.4 Å². The number of urea groups is 1. The van der Waals surface area contributed by atoms with Gasteiger partial charge in [-0.1, -0.05) is 11.6 Å². The van der Waals surface area contributed by atoms with E-state index in [1.165, 1.54) is 12.0 Å². The minimum absolute atomic E-state index is 0.191. The van der Waals surface area contributed by atoms with Crippen molar-refractivity contribution in [3.63, 3.8) is 0 Å². The van der Waals surface area contributed by atoms with E-state index < -0.39 is 17.6 Å². The number of carbonyl (C=O) groups excluding carboxylic acids is 1. The average molecular weight is 355 g/mol. The Morgan fingerprint density at radius 2 is 2.16 bits per heavy atom. The number of ether oxygens (including phenoxy) is 1. The summed E-state index contributed by atoms with van der Waals surface area (Å²) in [6.07, 6.45) is 7.25. The van der Waals surface area contributed by atoms with Crippen LogP contribution in [0.2, 0.25) is 0 Å². The Hall–Kier alpha value is -2.71. The predicted octanol–water partition coefficient (Wildman–Crippen LogP) is 4.21. The summed E-state index contributed by atoms with van der Waals surface area (Å²) in [6, 6.07) is 2.38. The zero-order chi connectivity index (χ0) is 18.2. The number of non-ortho nitro benzene ring substituents is 1. The van der Waals surface area contributed by atoms with Gasteiger partial charge in [-0.15, -0.1) is 0 Å². The van der Waals surface area contributed by atoms with Gasteiger partial charge in [0.2, 0.25) is 0 Å². The smallest absolute Gasteiger partial charge is 0.387 e. The fraction of sp³-hybridized carbons (Fsp3) is 0.438. The molecule has 0 unspecified atom stereocenters. The van der Waals surface area contributed by atoms with Crippen LogP contribution < -0.4 is 15.4 Å². The van der Waals surface area contributed by atoms with Crippen molar-refractivity contribution in [2.24, 2.45) is 0 Å². The van der Waals surface area contributed by atoms with Crippen LogP contribution in [0.1, 0.15) is 32.1 Å². The molecule has 25 heavy (non-hydrogen) atoms. The summed E-state index contributed by atoms with van der Waals surface area (Å²) in [5.41, 5.74) is 0.747. The van der Waals surface area contributed by atoms with Crippen molar-refractivity contribution in [1.82, 2.24) is 5.32 Å². The third-order valence-corrected chi connectivity index (χ3v) is 3.75. The van der Waals surface area contributed by atoms with Crippen LogP contribution in [0.3, 0.4) is 0 Å². The molecule has 1 aliphatic carbocycles. The highest BCUT2D eigenvalue weighted by Crippen LogP contribution is 2.30. The van der Waals surface area contributed by atoms with Crippen LogP contribution in [0.25, 0.3) is 0 Å². The lowest BCUT2D eigenvalue weighted by Gasteiger charge is -2.14. The Bertz CT molecular complexity index is 665. The molecule has 0 aromatic heterocycles. The largest absolute Gasteiger partial charge is 0.433 e. The van der Waals surface area contributed by atoms with Crippen LogP contribution in [0.5, 0.6) is 5.75 Å². The highest BCUT2D eigenvalue weighted by atomic mass is 19.3. The van der Waals surface area contributed by atoms with Gasteiger partial charge in [-0.2, -0.15) is 8.78 Å². The molecule has 0 aliphatic heterocycles. The van der Waals surface area contributed by atoms with E-state index >= 15 is 0 Å². The molecular formula is C16H19F2N3O4. The SMILES string of the molecule is O=C(NCCC1=CCCCC1)Nc1cc([N+](=O)[O-])ccc1OC(F)F. The Balaban J connectivity index is 1.96. The van der Waals surface area contributed by atoms with Crippen LogP contribution in [0, 0.1) is 10.1 Å². The maximum Gasteiger partial charge on any atom is 0.387 e. The van der Waals surface area contributed by atoms with Gasteiger partial charge in [-0.3, -0.25) is 10.1 Å². The number of nitrogens with zero attached hydrogens (tertiary/aromatic N) is 1. The summed E-state index contributed by atoms with van der Waals surface area (Å²) < 4.78 is 29.1. The fourth-order valence-electron chi connectivity index (χ4n) is 2.56. The number of rotatable bonds is 7. The maximum absolute atomic E-state index is 12.4. The predicted molar refractivity (Wildman–Crippen MR) is 87.9 cm³/mol. The molecule has 0 atom stereocenters. The van der Waals surface area contributed by atoms with Crippen molar-refractivity contribution in [3.8, 4) is 5.75 Å². The molecule has 0 spiro atoms. The Morgan fingerprint density at radius 1 is 1.36 bits per heavy atom. The summed E-state index contributed by atoms with van der Waals surface area (Å²) in [4.78, 5) is 22.0. The van der Waals surface area contributed by atoms with Crippen LogP contribution in [0.15, 0.2) is 29.8 Å². The number of amides is 2. The number of alkyl halides is 2. The summed E-state index contributed by atoms with van der Waals surface area (Å²) in [5, 5.41) is 15.7. The van der Waals surface area contributed by atoms with Gasteiger partial charge in [0.1, 0.15) is 5.75 Å². The second-order valence-corrected chi connectivity index (χ2v) is 5.56. The van der Waals surface area contributed by atoms with Gasteiger partial charge in [0.25, 0.3) is 5.69 Å². The number of benzene rings is 1. The molecule has 0 radical (unpaired) electrons. The van der Waals surface area contributed by atoms with Crippen molar-refractivity contribution in [3.05, 3.63) is 40.0 Å². The normalized spacial score (nSPS) is 14.0. The molecule has 1 aliphatic rings. The molecule has 2 rings (SSSR count). The summed E-state index contributed by atoms with van der Waals surface area (Å²) in [7, 11) is 0. The average Bonchev–Trinajstić information content (AvgIpc) is 2.57. The number of hydrogen-bond donors (Lipinski definition) is 2. The molecule has 1 aromatic carbocycles. The van der Waals surface area contributed by atoms with Gasteiger partial charge >= 0.3 is 12.6 Å². The molecule has 2 amide bonds. The first-order chi connectivity index (χ1) is 12.0.